The Morgan fingerprint density at radius 3 is 1.87 bits per heavy atom. The summed E-state index contributed by atoms with van der Waals surface area (Å²) >= 11 is 0. The number of ether oxygens (including phenoxy) is 1. The van der Waals surface area contributed by atoms with Crippen LogP contribution in [-0.4, -0.2) is 12.1 Å². The minimum absolute atomic E-state index is 0.803. The molecule has 0 fully saturated rings. The molecule has 1 atom stereocenters. The second-order valence-electron chi connectivity index (χ2n) is 5.70. The van der Waals surface area contributed by atoms with Crippen LogP contribution in [-0.2, 0) is 0 Å². The fraction of sp³-hybridized carbons (Fsp3) is 0.150. The molecule has 1 aromatic heterocycles. The van der Waals surface area contributed by atoms with Crippen molar-refractivity contribution in [1.29, 1.82) is 0 Å². The smallest absolute Gasteiger partial charge is 0.152 e. The van der Waals surface area contributed by atoms with Crippen LogP contribution in [0.25, 0.3) is 22.4 Å². The molecule has 0 bridgehead atoms. The molecule has 1 unspecified atom stereocenters. The third kappa shape index (κ3) is 3.13. The SMILES string of the molecule is COc1c(-c2ccc(C)cc2)ncc(-c2ccc(C)cc2)c1P. The van der Waals surface area contributed by atoms with Crippen molar-refractivity contribution < 1.29 is 4.74 Å². The summed E-state index contributed by atoms with van der Waals surface area (Å²) in [6, 6.07) is 16.8. The first-order valence-electron chi connectivity index (χ1n) is 7.56. The number of nitrogens with zero attached hydrogens (tertiary/aromatic N) is 1. The molecule has 2 nitrogen and oxygen atoms in total. The standard InChI is InChI=1S/C20H20NOP/c1-13-4-8-15(9-5-13)17-12-21-18(19(22-3)20(17)23)16-10-6-14(2)7-11-16/h4-12H,23H2,1-3H3. The van der Waals surface area contributed by atoms with Gasteiger partial charge in [-0.3, -0.25) is 4.98 Å². The normalized spacial score (nSPS) is 10.6. The molecule has 0 amide bonds. The lowest BCUT2D eigenvalue weighted by Crippen LogP contribution is -2.06. The average molecular weight is 321 g/mol. The number of rotatable bonds is 3. The zero-order valence-corrected chi connectivity index (χ0v) is 14.8. The Balaban J connectivity index is 2.13. The number of hydrogen-bond donors (Lipinski definition) is 0. The summed E-state index contributed by atoms with van der Waals surface area (Å²) in [5.41, 5.74) is 6.62. The van der Waals surface area contributed by atoms with Crippen LogP contribution in [0.2, 0.25) is 0 Å². The van der Waals surface area contributed by atoms with Gasteiger partial charge in [-0.15, -0.1) is 9.24 Å². The number of benzene rings is 2. The Morgan fingerprint density at radius 1 is 0.826 bits per heavy atom. The second-order valence-corrected chi connectivity index (χ2v) is 6.28. The van der Waals surface area contributed by atoms with Crippen molar-refractivity contribution in [3.05, 3.63) is 65.9 Å². The fourth-order valence-corrected chi connectivity index (χ4v) is 3.09. The molecule has 0 saturated carbocycles. The van der Waals surface area contributed by atoms with Crippen LogP contribution in [0.5, 0.6) is 5.75 Å². The highest BCUT2D eigenvalue weighted by atomic mass is 31.0. The van der Waals surface area contributed by atoms with Gasteiger partial charge in [-0.1, -0.05) is 59.7 Å². The first kappa shape index (κ1) is 15.7. The van der Waals surface area contributed by atoms with Crippen LogP contribution in [0, 0.1) is 13.8 Å². The van der Waals surface area contributed by atoms with E-state index in [1.54, 1.807) is 7.11 Å². The summed E-state index contributed by atoms with van der Waals surface area (Å²) in [6.07, 6.45) is 1.92. The van der Waals surface area contributed by atoms with Crippen LogP contribution in [0.3, 0.4) is 0 Å². The minimum Gasteiger partial charge on any atom is -0.494 e. The highest BCUT2D eigenvalue weighted by Crippen LogP contribution is 2.32. The maximum absolute atomic E-state index is 5.66. The maximum Gasteiger partial charge on any atom is 0.152 e. The molecule has 3 rings (SSSR count). The third-order valence-electron chi connectivity index (χ3n) is 3.96. The molecule has 3 aromatic rings. The predicted octanol–water partition coefficient (Wildman–Crippen LogP) is 4.54. The van der Waals surface area contributed by atoms with E-state index in [1.165, 1.54) is 11.1 Å². The predicted molar refractivity (Wildman–Crippen MR) is 100 cm³/mol. The summed E-state index contributed by atoms with van der Waals surface area (Å²) in [5, 5.41) is 1.03. The van der Waals surface area contributed by atoms with Gasteiger partial charge in [0, 0.05) is 22.6 Å². The minimum atomic E-state index is 0.803. The van der Waals surface area contributed by atoms with Gasteiger partial charge in [-0.2, -0.15) is 0 Å². The van der Waals surface area contributed by atoms with E-state index >= 15 is 0 Å². The molecule has 23 heavy (non-hydrogen) atoms. The van der Waals surface area contributed by atoms with Gasteiger partial charge in [0.05, 0.1) is 7.11 Å². The molecule has 0 aliphatic heterocycles. The van der Waals surface area contributed by atoms with Crippen molar-refractivity contribution in [2.24, 2.45) is 0 Å². The van der Waals surface area contributed by atoms with Gasteiger partial charge in [0.2, 0.25) is 0 Å². The van der Waals surface area contributed by atoms with Crippen LogP contribution in [0.4, 0.5) is 0 Å². The van der Waals surface area contributed by atoms with E-state index < -0.39 is 0 Å². The Hall–Kier alpha value is -2.18. The number of pyridine rings is 1. The molecule has 3 heteroatoms. The Kier molecular flexibility index (Phi) is 4.45. The van der Waals surface area contributed by atoms with Gasteiger partial charge < -0.3 is 4.74 Å². The Morgan fingerprint density at radius 2 is 1.35 bits per heavy atom. The molecule has 0 aliphatic carbocycles. The zero-order valence-electron chi connectivity index (χ0n) is 13.6. The maximum atomic E-state index is 5.66. The molecule has 0 aliphatic rings. The van der Waals surface area contributed by atoms with E-state index in [1.807, 2.05) is 6.20 Å². The third-order valence-corrected chi connectivity index (χ3v) is 4.54. The van der Waals surface area contributed by atoms with Gasteiger partial charge in [0.1, 0.15) is 5.69 Å². The number of aryl methyl sites for hydroxylation is 2. The van der Waals surface area contributed by atoms with Crippen molar-refractivity contribution in [1.82, 2.24) is 4.98 Å². The van der Waals surface area contributed by atoms with Crippen LogP contribution >= 0.6 is 9.24 Å². The Labute approximate surface area is 139 Å². The number of aromatic nitrogens is 1. The fourth-order valence-electron chi connectivity index (χ4n) is 2.59. The summed E-state index contributed by atoms with van der Waals surface area (Å²) in [7, 11) is 4.50. The average Bonchev–Trinajstić information content (AvgIpc) is 2.56. The first-order chi connectivity index (χ1) is 11.1. The number of methoxy groups -OCH3 is 1. The lowest BCUT2D eigenvalue weighted by Gasteiger charge is -2.15. The summed E-state index contributed by atoms with van der Waals surface area (Å²) in [6.45, 7) is 4.17. The summed E-state index contributed by atoms with van der Waals surface area (Å²) < 4.78 is 5.66. The van der Waals surface area contributed by atoms with Gasteiger partial charge in [-0.05, 0) is 19.4 Å². The molecule has 0 spiro atoms. The molecule has 1 heterocycles. The first-order valence-corrected chi connectivity index (χ1v) is 8.14. The van der Waals surface area contributed by atoms with Crippen molar-refractivity contribution in [2.45, 2.75) is 13.8 Å². The topological polar surface area (TPSA) is 22.1 Å². The van der Waals surface area contributed by atoms with Crippen LogP contribution < -0.4 is 10.0 Å². The molecule has 0 N–H and O–H groups in total. The molecule has 2 aromatic carbocycles. The molecule has 116 valence electrons. The summed E-state index contributed by atoms with van der Waals surface area (Å²) in [5.74, 6) is 0.803. The molecule has 0 saturated heterocycles. The van der Waals surface area contributed by atoms with E-state index in [-0.39, 0.29) is 0 Å². The van der Waals surface area contributed by atoms with E-state index in [0.29, 0.717) is 0 Å². The quantitative estimate of drug-likeness (QED) is 0.661. The van der Waals surface area contributed by atoms with Crippen molar-refractivity contribution in [2.75, 3.05) is 7.11 Å². The highest BCUT2D eigenvalue weighted by molar-refractivity contribution is 7.28. The van der Waals surface area contributed by atoms with Crippen LogP contribution in [0.15, 0.2) is 54.7 Å². The molecule has 0 radical (unpaired) electrons. The van der Waals surface area contributed by atoms with Gasteiger partial charge >= 0.3 is 0 Å². The Bertz CT molecular complexity index is 824. The summed E-state index contributed by atoms with van der Waals surface area (Å²) in [4.78, 5) is 4.67. The number of hydrogen-bond acceptors (Lipinski definition) is 2. The van der Waals surface area contributed by atoms with E-state index in [4.69, 9.17) is 4.74 Å². The monoisotopic (exact) mass is 321 g/mol. The van der Waals surface area contributed by atoms with Crippen LogP contribution in [0.1, 0.15) is 11.1 Å². The lowest BCUT2D eigenvalue weighted by atomic mass is 10.0. The molecular formula is C20H20NOP. The second kappa shape index (κ2) is 6.52. The van der Waals surface area contributed by atoms with Crippen molar-refractivity contribution >= 4 is 14.5 Å². The van der Waals surface area contributed by atoms with Crippen molar-refractivity contribution in [3.63, 3.8) is 0 Å². The van der Waals surface area contributed by atoms with Gasteiger partial charge in [-0.25, -0.2) is 0 Å². The highest BCUT2D eigenvalue weighted by Gasteiger charge is 2.15. The van der Waals surface area contributed by atoms with Gasteiger partial charge in [0.25, 0.3) is 0 Å². The largest absolute Gasteiger partial charge is 0.494 e. The van der Waals surface area contributed by atoms with E-state index in [2.05, 4.69) is 76.6 Å². The van der Waals surface area contributed by atoms with E-state index in [0.717, 1.165) is 33.4 Å². The van der Waals surface area contributed by atoms with Gasteiger partial charge in [0.15, 0.2) is 5.75 Å². The lowest BCUT2D eigenvalue weighted by molar-refractivity contribution is 0.418. The molecular weight excluding hydrogens is 301 g/mol. The van der Waals surface area contributed by atoms with E-state index in [9.17, 15) is 0 Å². The van der Waals surface area contributed by atoms with Crippen molar-refractivity contribution in [3.8, 4) is 28.1 Å². The zero-order chi connectivity index (χ0) is 16.4.